The van der Waals surface area contributed by atoms with Gasteiger partial charge >= 0.3 is 0 Å². The summed E-state index contributed by atoms with van der Waals surface area (Å²) < 4.78 is 5.79. The molecule has 0 atom stereocenters. The molecule has 0 bridgehead atoms. The lowest BCUT2D eigenvalue weighted by Gasteiger charge is -2.29. The maximum absolute atomic E-state index is 11.2. The second-order valence-corrected chi connectivity index (χ2v) is 6.48. The van der Waals surface area contributed by atoms with Gasteiger partial charge in [-0.3, -0.25) is 4.79 Å². The van der Waals surface area contributed by atoms with E-state index >= 15 is 0 Å². The molecule has 1 amide bonds. The number of rotatable bonds is 9. The van der Waals surface area contributed by atoms with Crippen molar-refractivity contribution in [3.63, 3.8) is 0 Å². The molecule has 0 heterocycles. The molecule has 0 aromatic carbocycles. The number of carbonyl (C=O) groups is 1. The first kappa shape index (κ1) is 17.4. The molecule has 18 heavy (non-hydrogen) atoms. The van der Waals surface area contributed by atoms with Gasteiger partial charge in [-0.15, -0.1) is 0 Å². The maximum Gasteiger partial charge on any atom is 0.219 e. The van der Waals surface area contributed by atoms with Gasteiger partial charge in [0.25, 0.3) is 0 Å². The van der Waals surface area contributed by atoms with Crippen LogP contribution in [0.4, 0.5) is 0 Å². The quantitative estimate of drug-likeness (QED) is 0.663. The first-order valence-electron chi connectivity index (χ1n) is 6.71. The van der Waals surface area contributed by atoms with Crippen LogP contribution in [0.1, 0.15) is 41.0 Å². The number of amides is 1. The van der Waals surface area contributed by atoms with Crippen molar-refractivity contribution in [2.24, 2.45) is 10.8 Å². The van der Waals surface area contributed by atoms with E-state index in [-0.39, 0.29) is 16.7 Å². The lowest BCUT2D eigenvalue weighted by Crippen LogP contribution is -2.38. The van der Waals surface area contributed by atoms with Gasteiger partial charge in [0.05, 0.1) is 13.2 Å². The van der Waals surface area contributed by atoms with Crippen LogP contribution < -0.4 is 10.6 Å². The minimum Gasteiger partial charge on any atom is -0.380 e. The number of carbonyl (C=O) groups excluding carboxylic acids is 1. The van der Waals surface area contributed by atoms with Gasteiger partial charge in [0.1, 0.15) is 0 Å². The smallest absolute Gasteiger partial charge is 0.219 e. The van der Waals surface area contributed by atoms with E-state index in [1.165, 1.54) is 0 Å². The normalized spacial score (nSPS) is 12.6. The predicted octanol–water partition coefficient (Wildman–Crippen LogP) is 1.80. The highest BCUT2D eigenvalue weighted by molar-refractivity contribution is 5.75. The molecular formula is C14H30N2O2. The molecule has 2 N–H and O–H groups in total. The van der Waals surface area contributed by atoms with Crippen LogP contribution in [0.5, 0.6) is 0 Å². The van der Waals surface area contributed by atoms with Crippen LogP contribution in [0.3, 0.4) is 0 Å². The summed E-state index contributed by atoms with van der Waals surface area (Å²) in [5, 5.41) is 6.08. The Kier molecular flexibility index (Phi) is 7.48. The molecule has 0 unspecified atom stereocenters. The minimum absolute atomic E-state index is 0.0272. The molecular weight excluding hydrogens is 228 g/mol. The summed E-state index contributed by atoms with van der Waals surface area (Å²) in [7, 11) is 1.95. The van der Waals surface area contributed by atoms with E-state index in [2.05, 4.69) is 38.3 Å². The molecule has 0 radical (unpaired) electrons. The summed E-state index contributed by atoms with van der Waals surface area (Å²) in [5.74, 6) is 0.0959. The third kappa shape index (κ3) is 8.48. The van der Waals surface area contributed by atoms with Gasteiger partial charge in [0.15, 0.2) is 0 Å². The summed E-state index contributed by atoms with van der Waals surface area (Å²) in [5.41, 5.74) is 0.109. The molecule has 108 valence electrons. The molecule has 0 spiro atoms. The van der Waals surface area contributed by atoms with Gasteiger partial charge in [-0.2, -0.15) is 0 Å². The molecule has 0 aromatic heterocycles. The number of hydrogen-bond acceptors (Lipinski definition) is 3. The van der Waals surface area contributed by atoms with Crippen LogP contribution in [-0.4, -0.2) is 39.3 Å². The van der Waals surface area contributed by atoms with Crippen molar-refractivity contribution in [3.05, 3.63) is 0 Å². The molecule has 0 aliphatic rings. The van der Waals surface area contributed by atoms with Crippen molar-refractivity contribution in [3.8, 4) is 0 Å². The SMILES string of the molecule is CCC(=O)NCC(C)(C)COCC(C)(C)CNC. The molecule has 4 heteroatoms. The highest BCUT2D eigenvalue weighted by Gasteiger charge is 2.22. The second kappa shape index (κ2) is 7.74. The molecule has 0 saturated carbocycles. The highest BCUT2D eigenvalue weighted by atomic mass is 16.5. The Bertz CT molecular complexity index is 250. The second-order valence-electron chi connectivity index (χ2n) is 6.48. The lowest BCUT2D eigenvalue weighted by molar-refractivity contribution is -0.121. The fraction of sp³-hybridized carbons (Fsp3) is 0.929. The van der Waals surface area contributed by atoms with E-state index in [1.807, 2.05) is 14.0 Å². The van der Waals surface area contributed by atoms with E-state index < -0.39 is 0 Å². The standard InChI is InChI=1S/C14H30N2O2/c1-7-12(17)16-9-14(4,5)11-18-10-13(2,3)8-15-6/h15H,7-11H2,1-6H3,(H,16,17). The fourth-order valence-electron chi connectivity index (χ4n) is 1.65. The van der Waals surface area contributed by atoms with Crippen LogP contribution in [0.2, 0.25) is 0 Å². The molecule has 0 fully saturated rings. The summed E-state index contributed by atoms with van der Waals surface area (Å²) >= 11 is 0. The zero-order valence-electron chi connectivity index (χ0n) is 12.9. The first-order valence-corrected chi connectivity index (χ1v) is 6.71. The molecule has 0 rings (SSSR count). The van der Waals surface area contributed by atoms with Crippen molar-refractivity contribution >= 4 is 5.91 Å². The van der Waals surface area contributed by atoms with E-state index in [0.29, 0.717) is 19.6 Å². The topological polar surface area (TPSA) is 50.4 Å². The van der Waals surface area contributed by atoms with Gasteiger partial charge in [0, 0.05) is 30.3 Å². The Hall–Kier alpha value is -0.610. The van der Waals surface area contributed by atoms with E-state index in [4.69, 9.17) is 4.74 Å². The Balaban J connectivity index is 3.92. The average molecular weight is 258 g/mol. The Morgan fingerprint density at radius 2 is 1.56 bits per heavy atom. The number of ether oxygens (including phenoxy) is 1. The number of hydrogen-bond donors (Lipinski definition) is 2. The average Bonchev–Trinajstić information content (AvgIpc) is 2.25. The summed E-state index contributed by atoms with van der Waals surface area (Å²) in [6, 6.07) is 0. The van der Waals surface area contributed by atoms with Gasteiger partial charge in [-0.25, -0.2) is 0 Å². The van der Waals surface area contributed by atoms with Crippen molar-refractivity contribution in [2.75, 3.05) is 33.4 Å². The molecule has 0 aliphatic heterocycles. The first-order chi connectivity index (χ1) is 8.22. The third-order valence-electron chi connectivity index (χ3n) is 2.73. The zero-order valence-corrected chi connectivity index (χ0v) is 12.9. The number of nitrogens with one attached hydrogen (secondary N) is 2. The monoisotopic (exact) mass is 258 g/mol. The van der Waals surface area contributed by atoms with Crippen molar-refractivity contribution in [2.45, 2.75) is 41.0 Å². The lowest BCUT2D eigenvalue weighted by atomic mass is 9.93. The van der Waals surface area contributed by atoms with Gasteiger partial charge in [-0.05, 0) is 7.05 Å². The van der Waals surface area contributed by atoms with Crippen molar-refractivity contribution in [1.29, 1.82) is 0 Å². The van der Waals surface area contributed by atoms with Crippen LogP contribution in [0.15, 0.2) is 0 Å². The van der Waals surface area contributed by atoms with Gasteiger partial charge in [0.2, 0.25) is 5.91 Å². The van der Waals surface area contributed by atoms with Crippen LogP contribution >= 0.6 is 0 Å². The minimum atomic E-state index is -0.0272. The Morgan fingerprint density at radius 1 is 1.06 bits per heavy atom. The molecule has 4 nitrogen and oxygen atoms in total. The summed E-state index contributed by atoms with van der Waals surface area (Å²) in [6.45, 7) is 13.4. The van der Waals surface area contributed by atoms with E-state index in [0.717, 1.165) is 13.2 Å². The Morgan fingerprint density at radius 3 is 2.00 bits per heavy atom. The maximum atomic E-state index is 11.2. The van der Waals surface area contributed by atoms with E-state index in [1.54, 1.807) is 0 Å². The predicted molar refractivity (Wildman–Crippen MR) is 75.6 cm³/mol. The largest absolute Gasteiger partial charge is 0.380 e. The van der Waals surface area contributed by atoms with Crippen molar-refractivity contribution in [1.82, 2.24) is 10.6 Å². The van der Waals surface area contributed by atoms with E-state index in [9.17, 15) is 4.79 Å². The van der Waals surface area contributed by atoms with Crippen LogP contribution in [0.25, 0.3) is 0 Å². The molecule has 0 saturated heterocycles. The zero-order chi connectivity index (χ0) is 14.2. The van der Waals surface area contributed by atoms with Gasteiger partial charge in [-0.1, -0.05) is 34.6 Å². The van der Waals surface area contributed by atoms with Crippen molar-refractivity contribution < 1.29 is 9.53 Å². The van der Waals surface area contributed by atoms with Crippen LogP contribution in [0, 0.1) is 10.8 Å². The summed E-state index contributed by atoms with van der Waals surface area (Å²) in [4.78, 5) is 11.2. The van der Waals surface area contributed by atoms with Gasteiger partial charge < -0.3 is 15.4 Å². The third-order valence-corrected chi connectivity index (χ3v) is 2.73. The highest BCUT2D eigenvalue weighted by Crippen LogP contribution is 2.18. The summed E-state index contributed by atoms with van der Waals surface area (Å²) in [6.07, 6.45) is 0.534. The fourth-order valence-corrected chi connectivity index (χ4v) is 1.65. The Labute approximate surface area is 112 Å². The van der Waals surface area contributed by atoms with Crippen LogP contribution in [-0.2, 0) is 9.53 Å². The molecule has 0 aliphatic carbocycles. The molecule has 0 aromatic rings.